The number of nitrogens with two attached hydrogens (primary N) is 1. The van der Waals surface area contributed by atoms with Gasteiger partial charge in [-0.25, -0.2) is 0 Å². The van der Waals surface area contributed by atoms with Gasteiger partial charge in [0.1, 0.15) is 0 Å². The first-order chi connectivity index (χ1) is 6.66. The van der Waals surface area contributed by atoms with Crippen molar-refractivity contribution in [1.82, 2.24) is 5.32 Å². The lowest BCUT2D eigenvalue weighted by atomic mass is 10.1. The highest BCUT2D eigenvalue weighted by atomic mass is 16.1. The number of carbonyl (C=O) groups excluding carboxylic acids is 1. The van der Waals surface area contributed by atoms with E-state index in [1.54, 1.807) is 0 Å². The fraction of sp³-hybridized carbons (Fsp3) is 0.909. The lowest BCUT2D eigenvalue weighted by Crippen LogP contribution is -2.29. The Kier molecular flexibility index (Phi) is 8.64. The number of hydrogen-bond donors (Lipinski definition) is 2. The molecule has 0 bridgehead atoms. The molecule has 0 rings (SSSR count). The van der Waals surface area contributed by atoms with Crippen molar-refractivity contribution < 1.29 is 4.79 Å². The van der Waals surface area contributed by atoms with Crippen molar-refractivity contribution in [3.63, 3.8) is 0 Å². The fourth-order valence-corrected chi connectivity index (χ4v) is 1.42. The first kappa shape index (κ1) is 13.4. The molecule has 3 N–H and O–H groups in total. The molecule has 3 nitrogen and oxygen atoms in total. The molecule has 0 radical (unpaired) electrons. The van der Waals surface area contributed by atoms with Gasteiger partial charge in [0.2, 0.25) is 5.91 Å². The highest BCUT2D eigenvalue weighted by molar-refractivity contribution is 5.73. The summed E-state index contributed by atoms with van der Waals surface area (Å²) in [5.74, 6) is -0.226. The molecule has 0 aromatic carbocycles. The van der Waals surface area contributed by atoms with Crippen LogP contribution in [0.1, 0.15) is 52.4 Å². The quantitative estimate of drug-likeness (QED) is 0.558. The van der Waals surface area contributed by atoms with Crippen molar-refractivity contribution in [2.24, 2.45) is 5.73 Å². The number of unbranched alkanes of at least 4 members (excludes halogenated alkanes) is 3. The van der Waals surface area contributed by atoms with E-state index in [0.29, 0.717) is 19.0 Å². The van der Waals surface area contributed by atoms with Gasteiger partial charge in [0.25, 0.3) is 0 Å². The Bertz CT molecular complexity index is 148. The molecule has 0 aliphatic heterocycles. The van der Waals surface area contributed by atoms with E-state index in [2.05, 4.69) is 19.2 Å². The van der Waals surface area contributed by atoms with E-state index in [1.807, 2.05) is 0 Å². The topological polar surface area (TPSA) is 55.1 Å². The summed E-state index contributed by atoms with van der Waals surface area (Å²) < 4.78 is 0. The number of hydrogen-bond acceptors (Lipinski definition) is 2. The second-order valence-corrected chi connectivity index (χ2v) is 3.92. The van der Waals surface area contributed by atoms with Gasteiger partial charge >= 0.3 is 0 Å². The molecule has 0 saturated heterocycles. The summed E-state index contributed by atoms with van der Waals surface area (Å²) in [4.78, 5) is 10.5. The molecule has 0 aromatic rings. The summed E-state index contributed by atoms with van der Waals surface area (Å²) in [6.07, 6.45) is 6.84. The zero-order valence-corrected chi connectivity index (χ0v) is 9.51. The first-order valence-corrected chi connectivity index (χ1v) is 5.68. The minimum atomic E-state index is -0.226. The summed E-state index contributed by atoms with van der Waals surface area (Å²) in [7, 11) is 0. The van der Waals surface area contributed by atoms with Crippen LogP contribution in [0.15, 0.2) is 0 Å². The second kappa shape index (κ2) is 9.00. The van der Waals surface area contributed by atoms with Crippen LogP contribution in [0.3, 0.4) is 0 Å². The van der Waals surface area contributed by atoms with E-state index < -0.39 is 0 Å². The third kappa shape index (κ3) is 9.52. The summed E-state index contributed by atoms with van der Waals surface area (Å²) in [6.45, 7) is 5.09. The van der Waals surface area contributed by atoms with Gasteiger partial charge in [-0.2, -0.15) is 0 Å². The summed E-state index contributed by atoms with van der Waals surface area (Å²) in [6, 6.07) is 0.506. The average molecular weight is 200 g/mol. The smallest absolute Gasteiger partial charge is 0.218 e. The highest BCUT2D eigenvalue weighted by Gasteiger charge is 2.01. The van der Waals surface area contributed by atoms with Crippen molar-refractivity contribution in [2.45, 2.75) is 58.4 Å². The molecular weight excluding hydrogens is 176 g/mol. The maximum atomic E-state index is 10.5. The Balaban J connectivity index is 3.19. The van der Waals surface area contributed by atoms with Crippen LogP contribution in [0.4, 0.5) is 0 Å². The van der Waals surface area contributed by atoms with Crippen molar-refractivity contribution in [1.29, 1.82) is 0 Å². The molecule has 1 unspecified atom stereocenters. The summed E-state index contributed by atoms with van der Waals surface area (Å²) in [5.41, 5.74) is 5.04. The molecule has 0 aliphatic carbocycles. The number of amides is 1. The number of rotatable bonds is 9. The van der Waals surface area contributed by atoms with Crippen molar-refractivity contribution in [3.05, 3.63) is 0 Å². The van der Waals surface area contributed by atoms with Gasteiger partial charge in [-0.15, -0.1) is 0 Å². The molecule has 0 fully saturated rings. The molecule has 0 spiro atoms. The maximum absolute atomic E-state index is 10.5. The predicted molar refractivity (Wildman–Crippen MR) is 60.0 cm³/mol. The lowest BCUT2D eigenvalue weighted by Gasteiger charge is -2.12. The Labute approximate surface area is 87.4 Å². The Morgan fingerprint density at radius 2 is 2.07 bits per heavy atom. The number of primary amides is 1. The monoisotopic (exact) mass is 200 g/mol. The Morgan fingerprint density at radius 1 is 1.36 bits per heavy atom. The SMILES string of the molecule is CCCCCCC(C)NCCC(N)=O. The van der Waals surface area contributed by atoms with E-state index in [0.717, 1.165) is 0 Å². The van der Waals surface area contributed by atoms with Crippen molar-refractivity contribution in [3.8, 4) is 0 Å². The minimum absolute atomic E-state index is 0.226. The highest BCUT2D eigenvalue weighted by Crippen LogP contribution is 2.04. The third-order valence-corrected chi connectivity index (χ3v) is 2.35. The first-order valence-electron chi connectivity index (χ1n) is 5.68. The molecular formula is C11H24N2O. The van der Waals surface area contributed by atoms with Crippen molar-refractivity contribution in [2.75, 3.05) is 6.54 Å². The Morgan fingerprint density at radius 3 is 2.64 bits per heavy atom. The van der Waals surface area contributed by atoms with Crippen LogP contribution in [-0.2, 0) is 4.79 Å². The fourth-order valence-electron chi connectivity index (χ4n) is 1.42. The van der Waals surface area contributed by atoms with Gasteiger partial charge < -0.3 is 11.1 Å². The van der Waals surface area contributed by atoms with Crippen LogP contribution in [0, 0.1) is 0 Å². The zero-order valence-electron chi connectivity index (χ0n) is 9.51. The predicted octanol–water partition coefficient (Wildman–Crippen LogP) is 1.81. The van der Waals surface area contributed by atoms with Crippen LogP contribution in [0.5, 0.6) is 0 Å². The molecule has 84 valence electrons. The molecule has 0 saturated carbocycles. The number of carbonyl (C=O) groups is 1. The molecule has 0 aromatic heterocycles. The minimum Gasteiger partial charge on any atom is -0.370 e. The molecule has 1 atom stereocenters. The lowest BCUT2D eigenvalue weighted by molar-refractivity contribution is -0.117. The molecule has 0 heterocycles. The van der Waals surface area contributed by atoms with E-state index in [9.17, 15) is 4.79 Å². The molecule has 1 amide bonds. The number of nitrogens with one attached hydrogen (secondary N) is 1. The molecule has 0 aliphatic rings. The summed E-state index contributed by atoms with van der Waals surface area (Å²) >= 11 is 0. The third-order valence-electron chi connectivity index (χ3n) is 2.35. The summed E-state index contributed by atoms with van der Waals surface area (Å²) in [5, 5.41) is 3.29. The van der Waals surface area contributed by atoms with Crippen LogP contribution in [0.2, 0.25) is 0 Å². The van der Waals surface area contributed by atoms with Crippen LogP contribution in [0.25, 0.3) is 0 Å². The van der Waals surface area contributed by atoms with Gasteiger partial charge in [-0.3, -0.25) is 4.79 Å². The van der Waals surface area contributed by atoms with Gasteiger partial charge in [0, 0.05) is 19.0 Å². The van der Waals surface area contributed by atoms with Crippen LogP contribution < -0.4 is 11.1 Å². The van der Waals surface area contributed by atoms with E-state index in [-0.39, 0.29) is 5.91 Å². The molecule has 3 heteroatoms. The second-order valence-electron chi connectivity index (χ2n) is 3.92. The largest absolute Gasteiger partial charge is 0.370 e. The standard InChI is InChI=1S/C11H24N2O/c1-3-4-5-6-7-10(2)13-9-8-11(12)14/h10,13H,3-9H2,1-2H3,(H2,12,14). The van der Waals surface area contributed by atoms with Gasteiger partial charge in [0.05, 0.1) is 0 Å². The van der Waals surface area contributed by atoms with Gasteiger partial charge in [-0.1, -0.05) is 32.6 Å². The van der Waals surface area contributed by atoms with Crippen LogP contribution in [-0.4, -0.2) is 18.5 Å². The molecule has 14 heavy (non-hydrogen) atoms. The maximum Gasteiger partial charge on any atom is 0.218 e. The van der Waals surface area contributed by atoms with Crippen molar-refractivity contribution >= 4 is 5.91 Å². The van der Waals surface area contributed by atoms with Crippen LogP contribution >= 0.6 is 0 Å². The Hall–Kier alpha value is -0.570. The van der Waals surface area contributed by atoms with Gasteiger partial charge in [0.15, 0.2) is 0 Å². The van der Waals surface area contributed by atoms with E-state index >= 15 is 0 Å². The van der Waals surface area contributed by atoms with E-state index in [4.69, 9.17) is 5.73 Å². The zero-order chi connectivity index (χ0) is 10.8. The average Bonchev–Trinajstić information content (AvgIpc) is 2.12. The van der Waals surface area contributed by atoms with Gasteiger partial charge in [-0.05, 0) is 13.3 Å². The normalized spacial score (nSPS) is 12.7. The van der Waals surface area contributed by atoms with E-state index in [1.165, 1.54) is 32.1 Å².